The van der Waals surface area contributed by atoms with Gasteiger partial charge in [0.25, 0.3) is 0 Å². The highest BCUT2D eigenvalue weighted by molar-refractivity contribution is 7.97. The van der Waals surface area contributed by atoms with E-state index in [1.54, 1.807) is 0 Å². The van der Waals surface area contributed by atoms with Crippen molar-refractivity contribution in [3.8, 4) is 5.75 Å². The second-order valence-corrected chi connectivity index (χ2v) is 8.61. The lowest BCUT2D eigenvalue weighted by Gasteiger charge is -2.24. The molecule has 2 aromatic rings. The molecule has 0 N–H and O–H groups in total. The van der Waals surface area contributed by atoms with Crippen LogP contribution in [-0.2, 0) is 10.9 Å². The minimum Gasteiger partial charge on any atom is -0.485 e. The molecule has 0 radical (unpaired) electrons. The summed E-state index contributed by atoms with van der Waals surface area (Å²) in [6.07, 6.45) is 6.88. The van der Waals surface area contributed by atoms with Crippen LogP contribution in [0.1, 0.15) is 46.0 Å². The van der Waals surface area contributed by atoms with Gasteiger partial charge < -0.3 is 4.74 Å². The molecule has 118 valence electrons. The SMILES string of the molecule is CC[S+](CC)c1c(OC2CCCCC2)ccc2ccccc12. The largest absolute Gasteiger partial charge is 0.485 e. The molecule has 0 unspecified atom stereocenters. The maximum Gasteiger partial charge on any atom is 0.204 e. The van der Waals surface area contributed by atoms with Gasteiger partial charge in [0.15, 0.2) is 5.75 Å². The van der Waals surface area contributed by atoms with Crippen molar-refractivity contribution in [1.29, 1.82) is 0 Å². The minimum absolute atomic E-state index is 0.283. The third-order valence-electron chi connectivity index (χ3n) is 4.67. The van der Waals surface area contributed by atoms with E-state index in [-0.39, 0.29) is 10.9 Å². The molecule has 1 saturated carbocycles. The molecule has 1 aliphatic rings. The maximum absolute atomic E-state index is 6.49. The number of fused-ring (bicyclic) bond motifs is 1. The van der Waals surface area contributed by atoms with E-state index in [1.807, 2.05) is 0 Å². The predicted molar refractivity (Wildman–Crippen MR) is 98.2 cm³/mol. The summed E-state index contributed by atoms with van der Waals surface area (Å²) < 4.78 is 6.49. The Bertz CT molecular complexity index is 612. The van der Waals surface area contributed by atoms with Crippen molar-refractivity contribution in [2.45, 2.75) is 57.0 Å². The molecule has 0 atom stereocenters. The molecule has 0 spiro atoms. The molecule has 2 heteroatoms. The minimum atomic E-state index is 0.283. The normalized spacial score (nSPS) is 16.3. The van der Waals surface area contributed by atoms with E-state index < -0.39 is 0 Å². The zero-order valence-electron chi connectivity index (χ0n) is 13.8. The van der Waals surface area contributed by atoms with Crippen LogP contribution in [-0.4, -0.2) is 17.6 Å². The highest BCUT2D eigenvalue weighted by atomic mass is 32.2. The Morgan fingerprint density at radius 1 is 0.955 bits per heavy atom. The van der Waals surface area contributed by atoms with Crippen LogP contribution in [0.5, 0.6) is 5.75 Å². The summed E-state index contributed by atoms with van der Waals surface area (Å²) in [7, 11) is 0.283. The first-order valence-corrected chi connectivity index (χ1v) is 10.3. The summed E-state index contributed by atoms with van der Waals surface area (Å²) in [6, 6.07) is 13.2. The van der Waals surface area contributed by atoms with Gasteiger partial charge in [-0.05, 0) is 57.0 Å². The molecule has 1 nitrogen and oxygen atoms in total. The van der Waals surface area contributed by atoms with Crippen molar-refractivity contribution in [3.05, 3.63) is 36.4 Å². The molecule has 0 heterocycles. The molecule has 22 heavy (non-hydrogen) atoms. The van der Waals surface area contributed by atoms with Crippen LogP contribution in [0.2, 0.25) is 0 Å². The van der Waals surface area contributed by atoms with Crippen molar-refractivity contribution in [2.75, 3.05) is 11.5 Å². The van der Waals surface area contributed by atoms with E-state index in [0.717, 1.165) is 5.75 Å². The molecule has 0 aromatic heterocycles. The quantitative estimate of drug-likeness (QED) is 0.656. The first-order valence-electron chi connectivity index (χ1n) is 8.69. The van der Waals surface area contributed by atoms with E-state index in [1.165, 1.54) is 59.3 Å². The fourth-order valence-electron chi connectivity index (χ4n) is 3.47. The van der Waals surface area contributed by atoms with Crippen LogP contribution in [0.15, 0.2) is 41.3 Å². The van der Waals surface area contributed by atoms with Crippen LogP contribution in [0.25, 0.3) is 10.8 Å². The van der Waals surface area contributed by atoms with Crippen LogP contribution in [0.4, 0.5) is 0 Å². The van der Waals surface area contributed by atoms with E-state index in [4.69, 9.17) is 4.74 Å². The monoisotopic (exact) mass is 315 g/mol. The molecule has 1 aliphatic carbocycles. The second-order valence-electron chi connectivity index (χ2n) is 6.06. The summed E-state index contributed by atoms with van der Waals surface area (Å²) in [4.78, 5) is 1.47. The Morgan fingerprint density at radius 2 is 1.68 bits per heavy atom. The summed E-state index contributed by atoms with van der Waals surface area (Å²) in [5, 5.41) is 2.73. The van der Waals surface area contributed by atoms with E-state index >= 15 is 0 Å². The molecule has 1 fully saturated rings. The maximum atomic E-state index is 6.49. The van der Waals surface area contributed by atoms with Gasteiger partial charge in [-0.3, -0.25) is 0 Å². The predicted octanol–water partition coefficient (Wildman–Crippen LogP) is 5.57. The Hall–Kier alpha value is -1.15. The lowest BCUT2D eigenvalue weighted by molar-refractivity contribution is 0.151. The van der Waals surface area contributed by atoms with Gasteiger partial charge in [0.05, 0.1) is 6.10 Å². The van der Waals surface area contributed by atoms with E-state index in [2.05, 4.69) is 50.2 Å². The third-order valence-corrected chi connectivity index (χ3v) is 7.07. The van der Waals surface area contributed by atoms with Crippen molar-refractivity contribution in [1.82, 2.24) is 0 Å². The van der Waals surface area contributed by atoms with Gasteiger partial charge in [0, 0.05) is 16.3 Å². The number of ether oxygens (including phenoxy) is 1. The van der Waals surface area contributed by atoms with E-state index in [9.17, 15) is 0 Å². The van der Waals surface area contributed by atoms with Crippen LogP contribution >= 0.6 is 0 Å². The number of hydrogen-bond acceptors (Lipinski definition) is 1. The van der Waals surface area contributed by atoms with Crippen LogP contribution in [0, 0.1) is 0 Å². The molecule has 0 amide bonds. The molecular weight excluding hydrogens is 288 g/mol. The lowest BCUT2D eigenvalue weighted by Crippen LogP contribution is -2.21. The summed E-state index contributed by atoms with van der Waals surface area (Å²) in [6.45, 7) is 4.61. The Labute approximate surface area is 137 Å². The molecule has 3 rings (SSSR count). The topological polar surface area (TPSA) is 9.23 Å². The zero-order valence-corrected chi connectivity index (χ0v) is 14.6. The lowest BCUT2D eigenvalue weighted by atomic mass is 9.98. The van der Waals surface area contributed by atoms with Gasteiger partial charge in [0.1, 0.15) is 11.5 Å². The highest BCUT2D eigenvalue weighted by Crippen LogP contribution is 2.36. The average molecular weight is 316 g/mol. The van der Waals surface area contributed by atoms with Crippen LogP contribution < -0.4 is 4.74 Å². The van der Waals surface area contributed by atoms with Gasteiger partial charge in [-0.25, -0.2) is 0 Å². The standard InChI is InChI=1S/C20H27OS/c1-3-22(4-2)20-18-13-9-8-10-16(18)14-15-19(20)21-17-11-6-5-7-12-17/h8-10,13-15,17H,3-7,11-12H2,1-2H3/q+1. The highest BCUT2D eigenvalue weighted by Gasteiger charge is 2.27. The molecule has 0 aliphatic heterocycles. The van der Waals surface area contributed by atoms with E-state index in [0.29, 0.717) is 6.10 Å². The fraction of sp³-hybridized carbons (Fsp3) is 0.500. The van der Waals surface area contributed by atoms with Crippen molar-refractivity contribution >= 4 is 21.7 Å². The fourth-order valence-corrected chi connectivity index (χ4v) is 5.35. The summed E-state index contributed by atoms with van der Waals surface area (Å²) in [5.74, 6) is 3.55. The number of hydrogen-bond donors (Lipinski definition) is 0. The zero-order chi connectivity index (χ0) is 15.4. The first kappa shape index (κ1) is 15.7. The van der Waals surface area contributed by atoms with Gasteiger partial charge in [-0.1, -0.05) is 30.7 Å². The Kier molecular flexibility index (Phi) is 5.30. The van der Waals surface area contributed by atoms with Crippen molar-refractivity contribution in [3.63, 3.8) is 0 Å². The molecular formula is C20H27OS+. The molecule has 0 saturated heterocycles. The first-order chi connectivity index (χ1) is 10.8. The van der Waals surface area contributed by atoms with Gasteiger partial charge in [-0.15, -0.1) is 0 Å². The van der Waals surface area contributed by atoms with Crippen LogP contribution in [0.3, 0.4) is 0 Å². The van der Waals surface area contributed by atoms with Crippen molar-refractivity contribution < 1.29 is 4.74 Å². The summed E-state index contributed by atoms with van der Waals surface area (Å²) >= 11 is 0. The smallest absolute Gasteiger partial charge is 0.204 e. The second kappa shape index (κ2) is 7.41. The molecule has 0 bridgehead atoms. The average Bonchev–Trinajstić information content (AvgIpc) is 2.58. The number of rotatable bonds is 5. The summed E-state index contributed by atoms with van der Waals surface area (Å²) in [5.41, 5.74) is 0. The Balaban J connectivity index is 2.01. The van der Waals surface area contributed by atoms with Crippen molar-refractivity contribution in [2.24, 2.45) is 0 Å². The van der Waals surface area contributed by atoms with Gasteiger partial charge >= 0.3 is 0 Å². The van der Waals surface area contributed by atoms with Gasteiger partial charge in [-0.2, -0.15) is 0 Å². The Morgan fingerprint density at radius 3 is 2.41 bits per heavy atom. The number of benzene rings is 2. The third kappa shape index (κ3) is 3.27. The molecule has 2 aromatic carbocycles. The van der Waals surface area contributed by atoms with Gasteiger partial charge in [0.2, 0.25) is 4.90 Å².